The number of hydrogen-bond acceptors (Lipinski definition) is 7. The van der Waals surface area contributed by atoms with E-state index in [-0.39, 0.29) is 17.1 Å². The van der Waals surface area contributed by atoms with Gasteiger partial charge in [-0.05, 0) is 146 Å². The van der Waals surface area contributed by atoms with Crippen LogP contribution in [0.5, 0.6) is 23.0 Å². The smallest absolute Gasteiger partial charge is 0.336 e. The lowest BCUT2D eigenvalue weighted by molar-refractivity contribution is -0.134. The van der Waals surface area contributed by atoms with Gasteiger partial charge in [-0.3, -0.25) is 9.59 Å². The summed E-state index contributed by atoms with van der Waals surface area (Å²) in [6.07, 6.45) is 17.9. The van der Waals surface area contributed by atoms with Crippen molar-refractivity contribution < 1.29 is 33.3 Å². The Morgan fingerprint density at radius 3 is 2.04 bits per heavy atom. The molecule has 0 unspecified atom stereocenters. The van der Waals surface area contributed by atoms with Gasteiger partial charge in [-0.25, -0.2) is 4.79 Å². The topological polar surface area (TPSA) is 88.1 Å². The van der Waals surface area contributed by atoms with E-state index in [0.717, 1.165) is 73.8 Å². The first-order valence-corrected chi connectivity index (χ1v) is 16.8. The first-order valence-electron chi connectivity index (χ1n) is 16.8. The number of benzene rings is 2. The van der Waals surface area contributed by atoms with Crippen molar-refractivity contribution in [2.45, 2.75) is 119 Å². The molecule has 7 nitrogen and oxygen atoms in total. The lowest BCUT2D eigenvalue weighted by Gasteiger charge is -2.37. The molecule has 258 valence electrons. The standard InChI is InChI=1S/C41H52O7/c1-27(2)13-10-14-28(3)15-11-16-29(4)17-12-23-41(9)24-22-35-26-37(30(5)31(6)40(35)48-41)47-39(44)21-19-34-18-20-36(45-32(7)42)38(25-34)46-33(8)43/h13,15,17-21,25-26H,10-12,14,16,22-24H2,1-9H3/b21-19+,28-15+,29-17+/t41-/m1/s1. The average molecular weight is 657 g/mol. The van der Waals surface area contributed by atoms with Gasteiger partial charge in [0.15, 0.2) is 11.5 Å². The molecule has 1 heterocycles. The Hall–Kier alpha value is -4.39. The molecule has 0 aromatic heterocycles. The summed E-state index contributed by atoms with van der Waals surface area (Å²) in [5, 5.41) is 0. The first-order chi connectivity index (χ1) is 22.7. The normalized spacial score (nSPS) is 16.2. The quantitative estimate of drug-likeness (QED) is 0.0865. The SMILES string of the molecule is CC(=O)Oc1ccc(/C=C/C(=O)Oc2cc3c(c(C)c2C)O[C@](C)(CC/C=C(\C)CC/C=C(\C)CCC=C(C)C)CC3)cc1OC(C)=O. The third kappa shape index (κ3) is 12.0. The van der Waals surface area contributed by atoms with E-state index < -0.39 is 17.9 Å². The number of hydrogen-bond donors (Lipinski definition) is 0. The summed E-state index contributed by atoms with van der Waals surface area (Å²) in [7, 11) is 0. The summed E-state index contributed by atoms with van der Waals surface area (Å²) >= 11 is 0. The Morgan fingerprint density at radius 2 is 1.40 bits per heavy atom. The zero-order valence-corrected chi connectivity index (χ0v) is 30.2. The van der Waals surface area contributed by atoms with E-state index >= 15 is 0 Å². The Balaban J connectivity index is 1.60. The zero-order valence-electron chi connectivity index (χ0n) is 30.2. The molecule has 7 heteroatoms. The Kier molecular flexibility index (Phi) is 14.0. The maximum atomic E-state index is 12.8. The van der Waals surface area contributed by atoms with Crippen molar-refractivity contribution in [2.75, 3.05) is 0 Å². The highest BCUT2D eigenvalue weighted by molar-refractivity contribution is 5.89. The number of aryl methyl sites for hydroxylation is 1. The van der Waals surface area contributed by atoms with Crippen LogP contribution in [0.25, 0.3) is 6.08 Å². The summed E-state index contributed by atoms with van der Waals surface area (Å²) in [5.41, 5.74) is 7.41. The number of esters is 3. The minimum Gasteiger partial charge on any atom is -0.487 e. The molecule has 48 heavy (non-hydrogen) atoms. The number of fused-ring (bicyclic) bond motifs is 1. The number of rotatable bonds is 14. The molecule has 3 rings (SSSR count). The molecule has 2 aromatic carbocycles. The molecule has 0 amide bonds. The van der Waals surface area contributed by atoms with Crippen LogP contribution in [0.3, 0.4) is 0 Å². The Bertz CT molecular complexity index is 1620. The van der Waals surface area contributed by atoms with E-state index in [0.29, 0.717) is 11.3 Å². The van der Waals surface area contributed by atoms with Gasteiger partial charge in [-0.2, -0.15) is 0 Å². The molecule has 0 saturated heterocycles. The van der Waals surface area contributed by atoms with E-state index in [4.69, 9.17) is 18.9 Å². The predicted octanol–water partition coefficient (Wildman–Crippen LogP) is 10.1. The molecule has 0 N–H and O–H groups in total. The fraction of sp³-hybridized carbons (Fsp3) is 0.439. The number of carbonyl (C=O) groups excluding carboxylic acids is 3. The number of carbonyl (C=O) groups is 3. The molecule has 0 fully saturated rings. The van der Waals surface area contributed by atoms with E-state index in [1.54, 1.807) is 12.1 Å². The van der Waals surface area contributed by atoms with Crippen LogP contribution in [0.4, 0.5) is 0 Å². The largest absolute Gasteiger partial charge is 0.487 e. The third-order valence-electron chi connectivity index (χ3n) is 8.53. The fourth-order valence-electron chi connectivity index (χ4n) is 5.61. The first kappa shape index (κ1) is 38.1. The van der Waals surface area contributed by atoms with Gasteiger partial charge in [0, 0.05) is 19.9 Å². The molecule has 2 aromatic rings. The van der Waals surface area contributed by atoms with Gasteiger partial charge < -0.3 is 18.9 Å². The lowest BCUT2D eigenvalue weighted by atomic mass is 9.86. The molecule has 0 radical (unpaired) electrons. The van der Waals surface area contributed by atoms with Crippen LogP contribution in [-0.2, 0) is 20.8 Å². The van der Waals surface area contributed by atoms with Gasteiger partial charge in [0.1, 0.15) is 17.1 Å². The maximum Gasteiger partial charge on any atom is 0.336 e. The van der Waals surface area contributed by atoms with Crippen molar-refractivity contribution in [1.82, 2.24) is 0 Å². The van der Waals surface area contributed by atoms with Gasteiger partial charge in [0.25, 0.3) is 0 Å². The van der Waals surface area contributed by atoms with Crippen molar-refractivity contribution in [1.29, 1.82) is 0 Å². The third-order valence-corrected chi connectivity index (χ3v) is 8.53. The molecule has 1 aliphatic heterocycles. The maximum absolute atomic E-state index is 12.8. The van der Waals surface area contributed by atoms with Crippen molar-refractivity contribution in [3.63, 3.8) is 0 Å². The van der Waals surface area contributed by atoms with Crippen LogP contribution >= 0.6 is 0 Å². The van der Waals surface area contributed by atoms with Gasteiger partial charge in [-0.1, -0.05) is 41.0 Å². The van der Waals surface area contributed by atoms with Gasteiger partial charge in [-0.15, -0.1) is 0 Å². The zero-order chi connectivity index (χ0) is 35.4. The van der Waals surface area contributed by atoms with E-state index in [1.165, 1.54) is 48.8 Å². The van der Waals surface area contributed by atoms with Crippen LogP contribution in [0, 0.1) is 13.8 Å². The molecular weight excluding hydrogens is 604 g/mol. The Labute approximate surface area is 286 Å². The van der Waals surface area contributed by atoms with Gasteiger partial charge in [0.05, 0.1) is 0 Å². The van der Waals surface area contributed by atoms with Crippen LogP contribution in [0.2, 0.25) is 0 Å². The van der Waals surface area contributed by atoms with Crippen molar-refractivity contribution in [3.05, 3.63) is 87.5 Å². The van der Waals surface area contributed by atoms with Crippen molar-refractivity contribution in [2.24, 2.45) is 0 Å². The lowest BCUT2D eigenvalue weighted by Crippen LogP contribution is -2.36. The van der Waals surface area contributed by atoms with Crippen LogP contribution in [-0.4, -0.2) is 23.5 Å². The van der Waals surface area contributed by atoms with Gasteiger partial charge >= 0.3 is 17.9 Å². The monoisotopic (exact) mass is 656 g/mol. The highest BCUT2D eigenvalue weighted by atomic mass is 16.6. The molecule has 1 atom stereocenters. The molecule has 0 bridgehead atoms. The summed E-state index contributed by atoms with van der Waals surface area (Å²) in [6, 6.07) is 6.56. The van der Waals surface area contributed by atoms with Crippen molar-refractivity contribution >= 4 is 24.0 Å². The van der Waals surface area contributed by atoms with E-state index in [2.05, 4.69) is 52.8 Å². The highest BCUT2D eigenvalue weighted by Crippen LogP contribution is 2.42. The van der Waals surface area contributed by atoms with Crippen LogP contribution < -0.4 is 18.9 Å². The minimum absolute atomic E-state index is 0.0803. The molecule has 0 aliphatic carbocycles. The highest BCUT2D eigenvalue weighted by Gasteiger charge is 2.33. The number of allylic oxidation sites excluding steroid dienone is 6. The molecule has 1 aliphatic rings. The minimum atomic E-state index is -0.561. The number of ether oxygens (including phenoxy) is 4. The second kappa shape index (κ2) is 17.7. The predicted molar refractivity (Wildman–Crippen MR) is 192 cm³/mol. The van der Waals surface area contributed by atoms with Gasteiger partial charge in [0.2, 0.25) is 0 Å². The molecular formula is C41H52O7. The van der Waals surface area contributed by atoms with E-state index in [1.807, 2.05) is 19.9 Å². The summed E-state index contributed by atoms with van der Waals surface area (Å²) in [6.45, 7) is 17.4. The second-order valence-corrected chi connectivity index (χ2v) is 13.3. The molecule has 0 spiro atoms. The van der Waals surface area contributed by atoms with Crippen LogP contribution in [0.15, 0.2) is 65.3 Å². The Morgan fingerprint density at radius 1 is 0.771 bits per heavy atom. The summed E-state index contributed by atoms with van der Waals surface area (Å²) in [4.78, 5) is 35.7. The summed E-state index contributed by atoms with van der Waals surface area (Å²) < 4.78 is 22.7. The summed E-state index contributed by atoms with van der Waals surface area (Å²) in [5.74, 6) is -0.0726. The van der Waals surface area contributed by atoms with E-state index in [9.17, 15) is 14.4 Å². The van der Waals surface area contributed by atoms with Crippen molar-refractivity contribution in [3.8, 4) is 23.0 Å². The fourth-order valence-corrected chi connectivity index (χ4v) is 5.61. The average Bonchev–Trinajstić information content (AvgIpc) is 2.99. The van der Waals surface area contributed by atoms with Crippen LogP contribution in [0.1, 0.15) is 116 Å². The molecule has 0 saturated carbocycles. The second-order valence-electron chi connectivity index (χ2n) is 13.3.